The van der Waals surface area contributed by atoms with Crippen LogP contribution in [0.25, 0.3) is 11.1 Å². The van der Waals surface area contributed by atoms with E-state index in [0.29, 0.717) is 11.1 Å². The van der Waals surface area contributed by atoms with Gasteiger partial charge < -0.3 is 5.11 Å². The molecular weight excluding hydrogens is 240 g/mol. The van der Waals surface area contributed by atoms with Crippen LogP contribution in [0.1, 0.15) is 37.4 Å². The Labute approximate surface area is 110 Å². The van der Waals surface area contributed by atoms with Crippen LogP contribution in [0.5, 0.6) is 0 Å². The van der Waals surface area contributed by atoms with Crippen molar-refractivity contribution in [2.75, 3.05) is 0 Å². The van der Waals surface area contributed by atoms with Crippen molar-refractivity contribution in [3.8, 4) is 11.1 Å². The lowest BCUT2D eigenvalue weighted by Crippen LogP contribution is -2.00. The summed E-state index contributed by atoms with van der Waals surface area (Å²) in [6, 6.07) is 8.49. The average molecular weight is 252 g/mol. The lowest BCUT2D eigenvalue weighted by molar-refractivity contribution is 0.0697. The topological polar surface area (TPSA) is 54.4 Å². The normalized spacial score (nSPS) is 12.2. The number of fused-ring (bicyclic) bond motifs is 3. The quantitative estimate of drug-likeness (QED) is 0.723. The highest BCUT2D eigenvalue weighted by atomic mass is 16.4. The van der Waals surface area contributed by atoms with E-state index < -0.39 is 5.97 Å². The van der Waals surface area contributed by atoms with Gasteiger partial charge in [-0.3, -0.25) is 4.79 Å². The highest BCUT2D eigenvalue weighted by molar-refractivity contribution is 6.22. The molecule has 0 radical (unpaired) electrons. The molecule has 3 nitrogen and oxygen atoms in total. The van der Waals surface area contributed by atoms with Gasteiger partial charge in [0.15, 0.2) is 5.78 Å². The van der Waals surface area contributed by atoms with Crippen molar-refractivity contribution >= 4 is 11.8 Å². The highest BCUT2D eigenvalue weighted by Gasteiger charge is 2.29. The van der Waals surface area contributed by atoms with Crippen molar-refractivity contribution in [1.29, 1.82) is 0 Å². The summed E-state index contributed by atoms with van der Waals surface area (Å²) >= 11 is 0. The number of carboxylic acids is 1. The molecule has 19 heavy (non-hydrogen) atoms. The second-order valence-corrected chi connectivity index (χ2v) is 4.82. The van der Waals surface area contributed by atoms with Crippen molar-refractivity contribution in [3.63, 3.8) is 0 Å². The van der Waals surface area contributed by atoms with Crippen LogP contribution in [-0.2, 0) is 0 Å². The number of aryl methyl sites for hydroxylation is 1. The Kier molecular flexibility index (Phi) is 2.32. The predicted octanol–water partition coefficient (Wildman–Crippen LogP) is 3.21. The highest BCUT2D eigenvalue weighted by Crippen LogP contribution is 2.40. The molecule has 2 aromatic carbocycles. The van der Waals surface area contributed by atoms with Crippen LogP contribution in [0.15, 0.2) is 30.3 Å². The first-order valence-corrected chi connectivity index (χ1v) is 6.03. The molecule has 0 heterocycles. The average Bonchev–Trinajstić information content (AvgIpc) is 2.67. The van der Waals surface area contributed by atoms with Crippen molar-refractivity contribution in [1.82, 2.24) is 0 Å². The number of ketones is 1. The summed E-state index contributed by atoms with van der Waals surface area (Å²) in [6.07, 6.45) is 0. The van der Waals surface area contributed by atoms with Crippen molar-refractivity contribution in [2.45, 2.75) is 13.8 Å². The first-order chi connectivity index (χ1) is 9.00. The number of aromatic carboxylic acids is 1. The van der Waals surface area contributed by atoms with E-state index in [4.69, 9.17) is 5.11 Å². The second kappa shape index (κ2) is 3.79. The Morgan fingerprint density at radius 2 is 1.68 bits per heavy atom. The number of hydrogen-bond donors (Lipinski definition) is 1. The molecule has 0 amide bonds. The van der Waals surface area contributed by atoms with Crippen molar-refractivity contribution in [2.24, 2.45) is 0 Å². The number of carbonyl (C=O) groups excluding carboxylic acids is 1. The van der Waals surface area contributed by atoms with Gasteiger partial charge in [-0.25, -0.2) is 4.79 Å². The van der Waals surface area contributed by atoms with E-state index in [1.807, 2.05) is 26.0 Å². The number of carboxylic acid groups (broad SMARTS) is 1. The zero-order valence-electron chi connectivity index (χ0n) is 10.7. The summed E-state index contributed by atoms with van der Waals surface area (Å²) in [5.74, 6) is -1.10. The van der Waals surface area contributed by atoms with E-state index in [0.717, 1.165) is 22.3 Å². The summed E-state index contributed by atoms with van der Waals surface area (Å²) in [5, 5.41) is 9.01. The first-order valence-electron chi connectivity index (χ1n) is 6.03. The fourth-order valence-corrected chi connectivity index (χ4v) is 2.58. The van der Waals surface area contributed by atoms with Gasteiger partial charge in [-0.2, -0.15) is 0 Å². The number of benzene rings is 2. The summed E-state index contributed by atoms with van der Waals surface area (Å²) < 4.78 is 0. The summed E-state index contributed by atoms with van der Waals surface area (Å²) in [4.78, 5) is 23.3. The van der Waals surface area contributed by atoms with Crippen LogP contribution in [0, 0.1) is 13.8 Å². The number of rotatable bonds is 1. The van der Waals surface area contributed by atoms with Gasteiger partial charge in [-0.1, -0.05) is 18.2 Å². The zero-order valence-corrected chi connectivity index (χ0v) is 10.7. The Bertz CT molecular complexity index is 742. The third kappa shape index (κ3) is 1.51. The monoisotopic (exact) mass is 252 g/mol. The number of carbonyl (C=O) groups is 2. The van der Waals surface area contributed by atoms with Crippen molar-refractivity contribution in [3.05, 3.63) is 58.1 Å². The standard InChI is InChI=1S/C16H12O3/c1-8-3-5-12-14(9(8)2)11-6-4-10(16(18)19)7-13(11)15(12)17/h3-7H,1-2H3,(H,18,19). The van der Waals surface area contributed by atoms with E-state index >= 15 is 0 Å². The van der Waals surface area contributed by atoms with Crippen LogP contribution < -0.4 is 0 Å². The van der Waals surface area contributed by atoms with Gasteiger partial charge in [-0.05, 0) is 48.2 Å². The largest absolute Gasteiger partial charge is 0.478 e. The minimum absolute atomic E-state index is 0.0869. The van der Waals surface area contributed by atoms with Crippen LogP contribution >= 0.6 is 0 Å². The molecule has 94 valence electrons. The Morgan fingerprint density at radius 3 is 2.37 bits per heavy atom. The molecular formula is C16H12O3. The van der Waals surface area contributed by atoms with Gasteiger partial charge in [-0.15, -0.1) is 0 Å². The third-order valence-corrected chi connectivity index (χ3v) is 3.76. The van der Waals surface area contributed by atoms with Gasteiger partial charge in [0, 0.05) is 11.1 Å². The second-order valence-electron chi connectivity index (χ2n) is 4.82. The summed E-state index contributed by atoms with van der Waals surface area (Å²) in [7, 11) is 0. The third-order valence-electron chi connectivity index (χ3n) is 3.76. The molecule has 1 N–H and O–H groups in total. The fraction of sp³-hybridized carbons (Fsp3) is 0.125. The van der Waals surface area contributed by atoms with Gasteiger partial charge in [0.1, 0.15) is 0 Å². The van der Waals surface area contributed by atoms with Gasteiger partial charge in [0.2, 0.25) is 0 Å². The minimum atomic E-state index is -1.01. The van der Waals surface area contributed by atoms with E-state index in [9.17, 15) is 9.59 Å². The van der Waals surface area contributed by atoms with E-state index in [2.05, 4.69) is 0 Å². The molecule has 0 spiro atoms. The molecule has 0 saturated carbocycles. The molecule has 0 fully saturated rings. The fourth-order valence-electron chi connectivity index (χ4n) is 2.58. The molecule has 2 aromatic rings. The van der Waals surface area contributed by atoms with Crippen LogP contribution in [0.3, 0.4) is 0 Å². The van der Waals surface area contributed by atoms with E-state index in [1.54, 1.807) is 12.1 Å². The molecule has 0 unspecified atom stereocenters. The van der Waals surface area contributed by atoms with Crippen LogP contribution in [-0.4, -0.2) is 16.9 Å². The van der Waals surface area contributed by atoms with E-state index in [-0.39, 0.29) is 11.3 Å². The lowest BCUT2D eigenvalue weighted by Gasteiger charge is -2.07. The Balaban J connectivity index is 2.32. The summed E-state index contributed by atoms with van der Waals surface area (Å²) in [6.45, 7) is 3.99. The smallest absolute Gasteiger partial charge is 0.335 e. The predicted molar refractivity (Wildman–Crippen MR) is 71.7 cm³/mol. The van der Waals surface area contributed by atoms with Gasteiger partial charge in [0.25, 0.3) is 0 Å². The molecule has 0 aromatic heterocycles. The minimum Gasteiger partial charge on any atom is -0.478 e. The molecule has 0 bridgehead atoms. The maximum Gasteiger partial charge on any atom is 0.335 e. The van der Waals surface area contributed by atoms with Gasteiger partial charge in [0.05, 0.1) is 5.56 Å². The van der Waals surface area contributed by atoms with Crippen LogP contribution in [0.4, 0.5) is 0 Å². The molecule has 0 saturated heterocycles. The lowest BCUT2D eigenvalue weighted by atomic mass is 9.96. The number of hydrogen-bond acceptors (Lipinski definition) is 2. The molecule has 0 aliphatic heterocycles. The SMILES string of the molecule is Cc1ccc2c(c1C)-c1ccc(C(=O)O)cc1C2=O. The maximum atomic E-state index is 12.3. The maximum absolute atomic E-state index is 12.3. The first kappa shape index (κ1) is 11.7. The Hall–Kier alpha value is -2.42. The molecule has 0 atom stereocenters. The molecule has 1 aliphatic rings. The van der Waals surface area contributed by atoms with Crippen molar-refractivity contribution < 1.29 is 14.7 Å². The Morgan fingerprint density at radius 1 is 1.00 bits per heavy atom. The molecule has 3 heteroatoms. The zero-order chi connectivity index (χ0) is 13.7. The van der Waals surface area contributed by atoms with Gasteiger partial charge >= 0.3 is 5.97 Å². The summed E-state index contributed by atoms with van der Waals surface area (Å²) in [5.41, 5.74) is 5.29. The van der Waals surface area contributed by atoms with Crippen LogP contribution in [0.2, 0.25) is 0 Å². The molecule has 1 aliphatic carbocycles. The molecule has 3 rings (SSSR count). The van der Waals surface area contributed by atoms with E-state index in [1.165, 1.54) is 6.07 Å².